The number of nitrogens with zero attached hydrogens (tertiary/aromatic N) is 1. The van der Waals surface area contributed by atoms with Gasteiger partial charge in [-0.05, 0) is 37.8 Å². The first-order valence-corrected chi connectivity index (χ1v) is 7.27. The fraction of sp³-hybridized carbons (Fsp3) is 0.333. The Labute approximate surface area is 116 Å². The van der Waals surface area contributed by atoms with Crippen molar-refractivity contribution in [2.75, 3.05) is 7.11 Å². The Hall–Kier alpha value is -1.68. The molecule has 0 fully saturated rings. The van der Waals surface area contributed by atoms with E-state index in [1.54, 1.807) is 17.4 Å². The van der Waals surface area contributed by atoms with E-state index in [0.29, 0.717) is 5.56 Å². The lowest BCUT2D eigenvalue weighted by Gasteiger charge is -2.06. The Bertz CT molecular complexity index is 595. The van der Waals surface area contributed by atoms with Crippen LogP contribution < -0.4 is 0 Å². The Morgan fingerprint density at radius 1 is 1.32 bits per heavy atom. The first-order valence-electron chi connectivity index (χ1n) is 6.45. The Balaban J connectivity index is 1.97. The molecule has 19 heavy (non-hydrogen) atoms. The van der Waals surface area contributed by atoms with Crippen LogP contribution in [0.15, 0.2) is 24.3 Å². The summed E-state index contributed by atoms with van der Waals surface area (Å²) in [4.78, 5) is 17.7. The zero-order chi connectivity index (χ0) is 13.2. The number of carbonyl (C=O) groups excluding carboxylic acids is 1. The molecule has 3 nitrogen and oxygen atoms in total. The number of thiazole rings is 1. The largest absolute Gasteiger partial charge is 0.465 e. The summed E-state index contributed by atoms with van der Waals surface area (Å²) in [6.07, 6.45) is 4.72. The van der Waals surface area contributed by atoms with Crippen LogP contribution in [0.2, 0.25) is 0 Å². The second kappa shape index (κ2) is 5.13. The van der Waals surface area contributed by atoms with Gasteiger partial charge in [0.15, 0.2) is 0 Å². The van der Waals surface area contributed by atoms with Crippen molar-refractivity contribution >= 4 is 17.3 Å². The number of hydrogen-bond donors (Lipinski definition) is 0. The van der Waals surface area contributed by atoms with Gasteiger partial charge in [-0.1, -0.05) is 12.1 Å². The van der Waals surface area contributed by atoms with Crippen molar-refractivity contribution in [3.05, 3.63) is 40.4 Å². The third kappa shape index (κ3) is 2.40. The molecule has 0 aliphatic heterocycles. The molecule has 1 aromatic heterocycles. The van der Waals surface area contributed by atoms with E-state index in [-0.39, 0.29) is 5.97 Å². The molecule has 98 valence electrons. The third-order valence-corrected chi connectivity index (χ3v) is 4.58. The number of fused-ring (bicyclic) bond motifs is 1. The van der Waals surface area contributed by atoms with Crippen LogP contribution in [-0.4, -0.2) is 18.1 Å². The summed E-state index contributed by atoms with van der Waals surface area (Å²) in [6, 6.07) is 7.50. The van der Waals surface area contributed by atoms with Crippen molar-refractivity contribution in [1.29, 1.82) is 0 Å². The quantitative estimate of drug-likeness (QED) is 0.786. The smallest absolute Gasteiger partial charge is 0.337 e. The van der Waals surface area contributed by atoms with Gasteiger partial charge in [0.1, 0.15) is 5.01 Å². The number of ether oxygens (including phenoxy) is 1. The van der Waals surface area contributed by atoms with E-state index >= 15 is 0 Å². The van der Waals surface area contributed by atoms with Gasteiger partial charge in [0, 0.05) is 10.4 Å². The molecule has 1 aliphatic carbocycles. The lowest BCUT2D eigenvalue weighted by molar-refractivity contribution is 0.0601. The average molecular weight is 273 g/mol. The maximum absolute atomic E-state index is 11.6. The van der Waals surface area contributed by atoms with Gasteiger partial charge in [0.25, 0.3) is 0 Å². The van der Waals surface area contributed by atoms with E-state index in [4.69, 9.17) is 9.72 Å². The molecule has 0 atom stereocenters. The van der Waals surface area contributed by atoms with Gasteiger partial charge in [-0.15, -0.1) is 11.3 Å². The van der Waals surface area contributed by atoms with Crippen LogP contribution >= 0.6 is 11.3 Å². The van der Waals surface area contributed by atoms with Crippen LogP contribution in [0, 0.1) is 0 Å². The summed E-state index contributed by atoms with van der Waals surface area (Å²) in [5.74, 6) is -0.303. The van der Waals surface area contributed by atoms with Gasteiger partial charge in [-0.25, -0.2) is 9.78 Å². The monoisotopic (exact) mass is 273 g/mol. The molecule has 2 aromatic rings. The van der Waals surface area contributed by atoms with Crippen LogP contribution in [0.4, 0.5) is 0 Å². The van der Waals surface area contributed by atoms with Gasteiger partial charge < -0.3 is 4.74 Å². The number of aryl methyl sites for hydroxylation is 2. The zero-order valence-electron chi connectivity index (χ0n) is 10.8. The van der Waals surface area contributed by atoms with Crippen LogP contribution in [0.3, 0.4) is 0 Å². The minimum atomic E-state index is -0.303. The molecular weight excluding hydrogens is 258 g/mol. The highest BCUT2D eigenvalue weighted by Crippen LogP contribution is 2.32. The van der Waals surface area contributed by atoms with E-state index in [9.17, 15) is 4.79 Å². The SMILES string of the molecule is COC(=O)c1cccc(-c2nc3c(s2)CCCC3)c1. The van der Waals surface area contributed by atoms with Gasteiger partial charge >= 0.3 is 5.97 Å². The molecule has 0 saturated heterocycles. The van der Waals surface area contributed by atoms with Crippen LogP contribution in [0.5, 0.6) is 0 Å². The van der Waals surface area contributed by atoms with Crippen LogP contribution in [0.1, 0.15) is 33.8 Å². The summed E-state index contributed by atoms with van der Waals surface area (Å²) in [7, 11) is 1.40. The predicted molar refractivity (Wildman–Crippen MR) is 75.5 cm³/mol. The first-order chi connectivity index (χ1) is 9.28. The lowest BCUT2D eigenvalue weighted by Crippen LogP contribution is -2.00. The molecular formula is C15H15NO2S. The van der Waals surface area contributed by atoms with Crippen molar-refractivity contribution in [3.63, 3.8) is 0 Å². The molecule has 0 bridgehead atoms. The predicted octanol–water partition coefficient (Wildman–Crippen LogP) is 3.48. The minimum Gasteiger partial charge on any atom is -0.465 e. The van der Waals surface area contributed by atoms with Crippen molar-refractivity contribution in [2.45, 2.75) is 25.7 Å². The number of aromatic nitrogens is 1. The van der Waals surface area contributed by atoms with E-state index in [2.05, 4.69) is 0 Å². The average Bonchev–Trinajstić information content (AvgIpc) is 2.90. The zero-order valence-corrected chi connectivity index (χ0v) is 11.6. The number of methoxy groups -OCH3 is 1. The molecule has 0 amide bonds. The summed E-state index contributed by atoms with van der Waals surface area (Å²) in [6.45, 7) is 0. The van der Waals surface area contributed by atoms with Crippen molar-refractivity contribution in [3.8, 4) is 10.6 Å². The topological polar surface area (TPSA) is 39.2 Å². The molecule has 0 radical (unpaired) electrons. The molecule has 3 rings (SSSR count). The number of carbonyl (C=O) groups is 1. The molecule has 1 heterocycles. The standard InChI is InChI=1S/C15H15NO2S/c1-18-15(17)11-6-4-5-10(9-11)14-16-12-7-2-3-8-13(12)19-14/h4-6,9H,2-3,7-8H2,1H3. The Morgan fingerprint density at radius 3 is 2.95 bits per heavy atom. The summed E-state index contributed by atoms with van der Waals surface area (Å²) in [5, 5.41) is 1.01. The van der Waals surface area contributed by atoms with Gasteiger partial charge in [0.05, 0.1) is 18.4 Å². The molecule has 4 heteroatoms. The van der Waals surface area contributed by atoms with Crippen molar-refractivity contribution < 1.29 is 9.53 Å². The summed E-state index contributed by atoms with van der Waals surface area (Å²) >= 11 is 1.75. The van der Waals surface area contributed by atoms with Gasteiger partial charge in [-0.2, -0.15) is 0 Å². The Morgan fingerprint density at radius 2 is 2.16 bits per heavy atom. The van der Waals surface area contributed by atoms with Crippen molar-refractivity contribution in [1.82, 2.24) is 4.98 Å². The second-order valence-electron chi connectivity index (χ2n) is 4.67. The van der Waals surface area contributed by atoms with Crippen molar-refractivity contribution in [2.24, 2.45) is 0 Å². The Kier molecular flexibility index (Phi) is 3.34. The fourth-order valence-corrected chi connectivity index (χ4v) is 3.52. The molecule has 0 unspecified atom stereocenters. The van der Waals surface area contributed by atoms with E-state index < -0.39 is 0 Å². The maximum Gasteiger partial charge on any atom is 0.337 e. The molecule has 0 spiro atoms. The number of benzene rings is 1. The molecule has 1 aromatic carbocycles. The minimum absolute atomic E-state index is 0.303. The van der Waals surface area contributed by atoms with E-state index in [1.165, 1.54) is 30.5 Å². The van der Waals surface area contributed by atoms with Gasteiger partial charge in [-0.3, -0.25) is 0 Å². The highest BCUT2D eigenvalue weighted by Gasteiger charge is 2.16. The number of rotatable bonds is 2. The summed E-state index contributed by atoms with van der Waals surface area (Å²) < 4.78 is 4.75. The van der Waals surface area contributed by atoms with Crippen LogP contribution in [-0.2, 0) is 17.6 Å². The molecule has 0 N–H and O–H groups in total. The first kappa shape index (κ1) is 12.4. The maximum atomic E-state index is 11.6. The third-order valence-electron chi connectivity index (χ3n) is 3.38. The lowest BCUT2D eigenvalue weighted by atomic mass is 10.0. The molecule has 0 saturated carbocycles. The van der Waals surface area contributed by atoms with E-state index in [1.807, 2.05) is 18.2 Å². The normalized spacial score (nSPS) is 13.9. The number of esters is 1. The summed E-state index contributed by atoms with van der Waals surface area (Å²) in [5.41, 5.74) is 2.82. The second-order valence-corrected chi connectivity index (χ2v) is 5.75. The highest BCUT2D eigenvalue weighted by molar-refractivity contribution is 7.15. The van der Waals surface area contributed by atoms with E-state index in [0.717, 1.165) is 23.4 Å². The fourth-order valence-electron chi connectivity index (χ4n) is 2.37. The van der Waals surface area contributed by atoms with Crippen LogP contribution in [0.25, 0.3) is 10.6 Å². The molecule has 1 aliphatic rings. The highest BCUT2D eigenvalue weighted by atomic mass is 32.1. The van der Waals surface area contributed by atoms with Gasteiger partial charge in [0.2, 0.25) is 0 Å². The number of hydrogen-bond acceptors (Lipinski definition) is 4.